The summed E-state index contributed by atoms with van der Waals surface area (Å²) in [4.78, 5) is 4.10. The minimum Gasteiger partial charge on any atom is -0.367 e. The van der Waals surface area contributed by atoms with Gasteiger partial charge in [0.1, 0.15) is 5.82 Å². The van der Waals surface area contributed by atoms with E-state index in [9.17, 15) is 21.6 Å². The summed E-state index contributed by atoms with van der Waals surface area (Å²) in [5, 5.41) is 11.5. The topological polar surface area (TPSA) is 82.8 Å². The lowest BCUT2D eigenvalue weighted by molar-refractivity contribution is -0.137. The molecule has 3 aromatic rings. The maximum absolute atomic E-state index is 13.1. The molecule has 0 atom stereocenters. The Morgan fingerprint density at radius 1 is 0.882 bits per heavy atom. The van der Waals surface area contributed by atoms with Crippen LogP contribution in [-0.2, 0) is 16.0 Å². The van der Waals surface area contributed by atoms with E-state index in [1.165, 1.54) is 6.07 Å². The molecule has 5 nitrogen and oxygen atoms in total. The molecule has 0 aliphatic heterocycles. The van der Waals surface area contributed by atoms with Crippen molar-refractivity contribution in [2.75, 3.05) is 5.32 Å². The van der Waals surface area contributed by atoms with Crippen LogP contribution in [0.2, 0.25) is 0 Å². The number of aromatic nitrogens is 1. The summed E-state index contributed by atoms with van der Waals surface area (Å²) >= 11 is 0. The monoisotopic (exact) mass is 485 g/mol. The van der Waals surface area contributed by atoms with Crippen LogP contribution in [-0.4, -0.2) is 24.7 Å². The van der Waals surface area contributed by atoms with Gasteiger partial charge in [0.15, 0.2) is 9.84 Å². The first-order valence-electron chi connectivity index (χ1n) is 10.8. The highest BCUT2D eigenvalue weighted by molar-refractivity contribution is 7.92. The van der Waals surface area contributed by atoms with Gasteiger partial charge in [-0.2, -0.15) is 18.4 Å². The van der Waals surface area contributed by atoms with Crippen molar-refractivity contribution in [3.8, 4) is 17.2 Å². The van der Waals surface area contributed by atoms with E-state index in [0.29, 0.717) is 37.1 Å². The second-order valence-electron chi connectivity index (χ2n) is 8.31. The molecule has 9 heteroatoms. The fraction of sp³-hybridized carbons (Fsp3) is 0.280. The lowest BCUT2D eigenvalue weighted by Crippen LogP contribution is -2.33. The molecule has 0 radical (unpaired) electrons. The van der Waals surface area contributed by atoms with Crippen LogP contribution in [0.1, 0.15) is 36.8 Å². The number of nitrogens with zero attached hydrogens (tertiary/aromatic N) is 2. The molecular weight excluding hydrogens is 463 g/mol. The minimum atomic E-state index is -4.43. The SMILES string of the molecule is N#Cc1ccc(-c2ccc(S(=O)(=O)C3CCC(Nc4ccc(C(F)(F)F)cn4)CC3)cc2)cc1. The molecule has 0 amide bonds. The van der Waals surface area contributed by atoms with Crippen molar-refractivity contribution in [3.63, 3.8) is 0 Å². The average molecular weight is 486 g/mol. The molecule has 1 saturated carbocycles. The van der Waals surface area contributed by atoms with Gasteiger partial charge < -0.3 is 5.32 Å². The number of benzene rings is 2. The standard InChI is InChI=1S/C25H22F3N3O2S/c26-25(27,28)20-7-14-24(30-16-20)31-21-8-12-23(13-9-21)34(32,33)22-10-5-19(6-11-22)18-3-1-17(15-29)2-4-18/h1-7,10-11,14,16,21,23H,8-9,12-13H2,(H,30,31). The number of sulfone groups is 1. The second kappa shape index (κ2) is 9.47. The third-order valence-electron chi connectivity index (χ3n) is 6.09. The smallest absolute Gasteiger partial charge is 0.367 e. The van der Waals surface area contributed by atoms with Gasteiger partial charge in [0.05, 0.1) is 27.3 Å². The van der Waals surface area contributed by atoms with Gasteiger partial charge in [-0.25, -0.2) is 13.4 Å². The van der Waals surface area contributed by atoms with Crippen LogP contribution in [0.15, 0.2) is 71.8 Å². The Bertz CT molecular complexity index is 1270. The Hall–Kier alpha value is -3.38. The summed E-state index contributed by atoms with van der Waals surface area (Å²) in [5.41, 5.74) is 1.51. The second-order valence-corrected chi connectivity index (χ2v) is 10.5. The molecule has 0 unspecified atom stereocenters. The Balaban J connectivity index is 1.37. The normalized spacial score (nSPS) is 18.8. The summed E-state index contributed by atoms with van der Waals surface area (Å²) in [5.74, 6) is 0.345. The summed E-state index contributed by atoms with van der Waals surface area (Å²) in [7, 11) is -3.50. The van der Waals surface area contributed by atoms with Gasteiger partial charge in [-0.1, -0.05) is 24.3 Å². The number of nitrogens with one attached hydrogen (secondary N) is 1. The van der Waals surface area contributed by atoms with E-state index >= 15 is 0 Å². The Morgan fingerprint density at radius 2 is 1.47 bits per heavy atom. The molecule has 1 fully saturated rings. The van der Waals surface area contributed by atoms with Gasteiger partial charge in [0, 0.05) is 12.2 Å². The number of anilines is 1. The summed E-state index contributed by atoms with van der Waals surface area (Å²) in [6.07, 6.45) is -1.57. The van der Waals surface area contributed by atoms with E-state index in [-0.39, 0.29) is 10.9 Å². The first-order valence-corrected chi connectivity index (χ1v) is 12.4. The Kier molecular flexibility index (Phi) is 6.62. The van der Waals surface area contributed by atoms with E-state index in [0.717, 1.165) is 23.4 Å². The maximum Gasteiger partial charge on any atom is 0.417 e. The van der Waals surface area contributed by atoms with Crippen LogP contribution < -0.4 is 5.32 Å². The first kappa shape index (κ1) is 23.8. The first-order chi connectivity index (χ1) is 16.2. The van der Waals surface area contributed by atoms with E-state index in [4.69, 9.17) is 5.26 Å². The van der Waals surface area contributed by atoms with Gasteiger partial charge in [-0.05, 0) is 73.2 Å². The molecule has 4 rings (SSSR count). The van der Waals surface area contributed by atoms with Crippen LogP contribution in [0.25, 0.3) is 11.1 Å². The average Bonchev–Trinajstić information content (AvgIpc) is 2.84. The molecular formula is C25H22F3N3O2S. The highest BCUT2D eigenvalue weighted by Crippen LogP contribution is 2.32. The van der Waals surface area contributed by atoms with Gasteiger partial charge in [0.25, 0.3) is 0 Å². The molecule has 1 aromatic heterocycles. The summed E-state index contributed by atoms with van der Waals surface area (Å²) < 4.78 is 64.3. The summed E-state index contributed by atoms with van der Waals surface area (Å²) in [6.45, 7) is 0. The molecule has 1 aliphatic carbocycles. The molecule has 1 N–H and O–H groups in total. The molecule has 34 heavy (non-hydrogen) atoms. The number of alkyl halides is 3. The van der Waals surface area contributed by atoms with Gasteiger partial charge in [-0.15, -0.1) is 0 Å². The minimum absolute atomic E-state index is 0.0468. The number of hydrogen-bond acceptors (Lipinski definition) is 5. The van der Waals surface area contributed by atoms with Crippen molar-refractivity contribution in [3.05, 3.63) is 78.0 Å². The van der Waals surface area contributed by atoms with E-state index < -0.39 is 26.8 Å². The number of halogens is 3. The molecule has 1 aliphatic rings. The molecule has 176 valence electrons. The Labute approximate surface area is 196 Å². The van der Waals surface area contributed by atoms with Gasteiger partial charge >= 0.3 is 6.18 Å². The molecule has 0 spiro atoms. The fourth-order valence-corrected chi connectivity index (χ4v) is 5.93. The van der Waals surface area contributed by atoms with Crippen molar-refractivity contribution in [2.45, 2.75) is 48.0 Å². The third-order valence-corrected chi connectivity index (χ3v) is 8.36. The van der Waals surface area contributed by atoms with Crippen molar-refractivity contribution in [1.29, 1.82) is 5.26 Å². The van der Waals surface area contributed by atoms with Crippen LogP contribution in [0.4, 0.5) is 19.0 Å². The fourth-order valence-electron chi connectivity index (χ4n) is 4.14. The largest absolute Gasteiger partial charge is 0.417 e. The van der Waals surface area contributed by atoms with Gasteiger partial charge in [0.2, 0.25) is 0 Å². The molecule has 0 saturated heterocycles. The Morgan fingerprint density at radius 3 is 1.97 bits per heavy atom. The quantitative estimate of drug-likeness (QED) is 0.491. The third kappa shape index (κ3) is 5.23. The van der Waals surface area contributed by atoms with E-state index in [1.807, 2.05) is 12.1 Å². The zero-order valence-corrected chi connectivity index (χ0v) is 18.9. The van der Waals surface area contributed by atoms with Crippen molar-refractivity contribution < 1.29 is 21.6 Å². The lowest BCUT2D eigenvalue weighted by atomic mass is 9.95. The highest BCUT2D eigenvalue weighted by Gasteiger charge is 2.33. The number of hydrogen-bond donors (Lipinski definition) is 1. The van der Waals surface area contributed by atoms with Crippen LogP contribution in [0, 0.1) is 11.3 Å². The van der Waals surface area contributed by atoms with E-state index in [2.05, 4.69) is 16.4 Å². The molecule has 2 aromatic carbocycles. The van der Waals surface area contributed by atoms with Gasteiger partial charge in [-0.3, -0.25) is 0 Å². The highest BCUT2D eigenvalue weighted by atomic mass is 32.2. The predicted octanol–water partition coefficient (Wildman–Crippen LogP) is 5.84. The summed E-state index contributed by atoms with van der Waals surface area (Å²) in [6, 6.07) is 18.1. The number of pyridine rings is 1. The number of nitriles is 1. The lowest BCUT2D eigenvalue weighted by Gasteiger charge is -2.29. The molecule has 0 bridgehead atoms. The number of rotatable bonds is 5. The zero-order valence-electron chi connectivity index (χ0n) is 18.1. The van der Waals surface area contributed by atoms with Crippen molar-refractivity contribution in [2.24, 2.45) is 0 Å². The van der Waals surface area contributed by atoms with Crippen molar-refractivity contribution >= 4 is 15.7 Å². The predicted molar refractivity (Wildman–Crippen MR) is 123 cm³/mol. The van der Waals surface area contributed by atoms with E-state index in [1.54, 1.807) is 36.4 Å². The van der Waals surface area contributed by atoms with Crippen molar-refractivity contribution in [1.82, 2.24) is 4.98 Å². The molecule has 1 heterocycles. The van der Waals surface area contributed by atoms with Crippen LogP contribution in [0.5, 0.6) is 0 Å². The van der Waals surface area contributed by atoms with Crippen LogP contribution in [0.3, 0.4) is 0 Å². The zero-order chi connectivity index (χ0) is 24.3. The van der Waals surface area contributed by atoms with Crippen LogP contribution >= 0.6 is 0 Å². The maximum atomic E-state index is 13.1.